The minimum Gasteiger partial charge on any atom is -0.496 e. The predicted octanol–water partition coefficient (Wildman–Crippen LogP) is 4.39. The van der Waals surface area contributed by atoms with E-state index in [9.17, 15) is 9.00 Å². The van der Waals surface area contributed by atoms with E-state index in [0.29, 0.717) is 18.0 Å². The van der Waals surface area contributed by atoms with Crippen LogP contribution in [-0.2, 0) is 27.9 Å². The van der Waals surface area contributed by atoms with Crippen molar-refractivity contribution < 1.29 is 18.5 Å². The van der Waals surface area contributed by atoms with E-state index in [1.807, 2.05) is 78.9 Å². The number of hydrogen-bond donors (Lipinski definition) is 0. The van der Waals surface area contributed by atoms with Crippen LogP contribution in [0.4, 0.5) is 0 Å². The van der Waals surface area contributed by atoms with Crippen LogP contribution in [0.2, 0.25) is 0 Å². The maximum absolute atomic E-state index is 12.7. The van der Waals surface area contributed by atoms with Crippen molar-refractivity contribution in [1.29, 1.82) is 0 Å². The van der Waals surface area contributed by atoms with Crippen molar-refractivity contribution in [2.75, 3.05) is 19.9 Å². The Hall–Kier alpha value is -3.12. The predicted molar refractivity (Wildman–Crippen MR) is 119 cm³/mol. The number of rotatable bonds is 9. The van der Waals surface area contributed by atoms with Gasteiger partial charge in [0, 0.05) is 35.5 Å². The summed E-state index contributed by atoms with van der Waals surface area (Å²) in [4.78, 5) is 14.2. The Kier molecular flexibility index (Phi) is 7.63. The standard InChI is InChI=1S/C24H25NO4S/c1-25(16-19-10-6-8-14-22(19)28-2)24(26)18-30(27)17-20-11-7-9-15-23(20)29-21-12-4-3-5-13-21/h3-15H,16-18H2,1-2H3. The van der Waals surface area contributed by atoms with E-state index in [-0.39, 0.29) is 17.4 Å². The zero-order chi connectivity index (χ0) is 21.3. The van der Waals surface area contributed by atoms with Gasteiger partial charge in [0.05, 0.1) is 12.9 Å². The van der Waals surface area contributed by atoms with Gasteiger partial charge >= 0.3 is 0 Å². The second kappa shape index (κ2) is 10.6. The third-order valence-electron chi connectivity index (χ3n) is 4.57. The Balaban J connectivity index is 1.61. The van der Waals surface area contributed by atoms with Crippen LogP contribution >= 0.6 is 0 Å². The molecule has 0 radical (unpaired) electrons. The van der Waals surface area contributed by atoms with E-state index in [1.165, 1.54) is 0 Å². The quantitative estimate of drug-likeness (QED) is 0.512. The minimum absolute atomic E-state index is 0.0503. The first-order valence-corrected chi connectivity index (χ1v) is 11.1. The number of methoxy groups -OCH3 is 1. The molecule has 1 atom stereocenters. The number of ether oxygens (including phenoxy) is 2. The molecular formula is C24H25NO4S. The molecule has 1 amide bonds. The highest BCUT2D eigenvalue weighted by Gasteiger charge is 2.16. The van der Waals surface area contributed by atoms with Crippen molar-refractivity contribution in [3.63, 3.8) is 0 Å². The first-order valence-electron chi connectivity index (χ1n) is 9.58. The summed E-state index contributed by atoms with van der Waals surface area (Å²) in [5, 5.41) is 0. The first-order chi connectivity index (χ1) is 14.6. The second-order valence-electron chi connectivity index (χ2n) is 6.81. The van der Waals surface area contributed by atoms with Gasteiger partial charge in [-0.05, 0) is 24.3 Å². The Morgan fingerprint density at radius 1 is 0.867 bits per heavy atom. The highest BCUT2D eigenvalue weighted by atomic mass is 32.2. The monoisotopic (exact) mass is 423 g/mol. The summed E-state index contributed by atoms with van der Waals surface area (Å²) in [6, 6.07) is 24.5. The van der Waals surface area contributed by atoms with Gasteiger partial charge in [-0.1, -0.05) is 54.6 Å². The number of carbonyl (C=O) groups is 1. The molecule has 0 aliphatic heterocycles. The maximum atomic E-state index is 12.7. The maximum Gasteiger partial charge on any atom is 0.235 e. The van der Waals surface area contributed by atoms with Crippen LogP contribution in [0, 0.1) is 0 Å². The molecule has 3 aromatic carbocycles. The molecule has 5 nitrogen and oxygen atoms in total. The van der Waals surface area contributed by atoms with Crippen molar-refractivity contribution in [3.8, 4) is 17.2 Å². The van der Waals surface area contributed by atoms with Gasteiger partial charge in [0.25, 0.3) is 0 Å². The highest BCUT2D eigenvalue weighted by Crippen LogP contribution is 2.26. The molecule has 0 fully saturated rings. The van der Waals surface area contributed by atoms with E-state index in [2.05, 4.69) is 0 Å². The van der Waals surface area contributed by atoms with Crippen LogP contribution in [0.25, 0.3) is 0 Å². The van der Waals surface area contributed by atoms with Crippen molar-refractivity contribution in [2.45, 2.75) is 12.3 Å². The van der Waals surface area contributed by atoms with Crippen LogP contribution in [0.15, 0.2) is 78.9 Å². The molecule has 6 heteroatoms. The molecule has 0 saturated heterocycles. The normalized spacial score (nSPS) is 11.5. The lowest BCUT2D eigenvalue weighted by molar-refractivity contribution is -0.127. The van der Waals surface area contributed by atoms with Crippen LogP contribution in [-0.4, -0.2) is 34.9 Å². The zero-order valence-electron chi connectivity index (χ0n) is 17.1. The molecule has 3 aromatic rings. The Bertz CT molecular complexity index is 1010. The Morgan fingerprint density at radius 2 is 1.47 bits per heavy atom. The largest absolute Gasteiger partial charge is 0.496 e. The Labute approximate surface area is 179 Å². The van der Waals surface area contributed by atoms with Crippen molar-refractivity contribution in [3.05, 3.63) is 90.0 Å². The number of amides is 1. The molecule has 0 aromatic heterocycles. The van der Waals surface area contributed by atoms with Gasteiger partial charge in [-0.2, -0.15) is 0 Å². The van der Waals surface area contributed by atoms with E-state index in [1.54, 1.807) is 19.1 Å². The van der Waals surface area contributed by atoms with E-state index < -0.39 is 10.8 Å². The fourth-order valence-corrected chi connectivity index (χ4v) is 4.17. The molecule has 0 saturated carbocycles. The van der Waals surface area contributed by atoms with Gasteiger partial charge in [-0.25, -0.2) is 0 Å². The van der Waals surface area contributed by atoms with E-state index in [0.717, 1.165) is 16.9 Å². The molecule has 0 N–H and O–H groups in total. The van der Waals surface area contributed by atoms with Gasteiger partial charge in [-0.3, -0.25) is 9.00 Å². The number of benzene rings is 3. The molecule has 156 valence electrons. The number of hydrogen-bond acceptors (Lipinski definition) is 4. The molecular weight excluding hydrogens is 398 g/mol. The topological polar surface area (TPSA) is 55.8 Å². The van der Waals surface area contributed by atoms with Crippen molar-refractivity contribution in [2.24, 2.45) is 0 Å². The summed E-state index contributed by atoms with van der Waals surface area (Å²) >= 11 is 0. The molecule has 30 heavy (non-hydrogen) atoms. The number of nitrogens with zero attached hydrogens (tertiary/aromatic N) is 1. The third kappa shape index (κ3) is 5.94. The number of para-hydroxylation sites is 3. The fraction of sp³-hybridized carbons (Fsp3) is 0.208. The molecule has 0 aliphatic carbocycles. The average Bonchev–Trinajstić information content (AvgIpc) is 2.76. The molecule has 0 heterocycles. The van der Waals surface area contributed by atoms with Gasteiger partial charge in [-0.15, -0.1) is 0 Å². The summed E-state index contributed by atoms with van der Waals surface area (Å²) in [6.07, 6.45) is 0. The summed E-state index contributed by atoms with van der Waals surface area (Å²) in [5.74, 6) is 2.10. The Morgan fingerprint density at radius 3 is 2.17 bits per heavy atom. The summed E-state index contributed by atoms with van der Waals surface area (Å²) < 4.78 is 24.0. The lowest BCUT2D eigenvalue weighted by atomic mass is 10.2. The lowest BCUT2D eigenvalue weighted by Gasteiger charge is -2.19. The van der Waals surface area contributed by atoms with Crippen LogP contribution < -0.4 is 9.47 Å². The van der Waals surface area contributed by atoms with Gasteiger partial charge in [0.2, 0.25) is 5.91 Å². The SMILES string of the molecule is COc1ccccc1CN(C)C(=O)CS(=O)Cc1ccccc1Oc1ccccc1. The lowest BCUT2D eigenvalue weighted by Crippen LogP contribution is -2.30. The van der Waals surface area contributed by atoms with Crippen molar-refractivity contribution in [1.82, 2.24) is 4.90 Å². The molecule has 0 spiro atoms. The third-order valence-corrected chi connectivity index (χ3v) is 5.77. The van der Waals surface area contributed by atoms with Crippen molar-refractivity contribution >= 4 is 16.7 Å². The first kappa shape index (κ1) is 21.6. The zero-order valence-corrected chi connectivity index (χ0v) is 17.9. The van der Waals surface area contributed by atoms with Crippen LogP contribution in [0.3, 0.4) is 0 Å². The number of carbonyl (C=O) groups excluding carboxylic acids is 1. The van der Waals surface area contributed by atoms with E-state index in [4.69, 9.17) is 9.47 Å². The molecule has 3 rings (SSSR count). The smallest absolute Gasteiger partial charge is 0.235 e. The van der Waals surface area contributed by atoms with Gasteiger partial charge in [0.15, 0.2) is 0 Å². The second-order valence-corrected chi connectivity index (χ2v) is 8.27. The summed E-state index contributed by atoms with van der Waals surface area (Å²) in [5.41, 5.74) is 1.71. The average molecular weight is 424 g/mol. The minimum atomic E-state index is -1.36. The van der Waals surface area contributed by atoms with Crippen LogP contribution in [0.1, 0.15) is 11.1 Å². The van der Waals surface area contributed by atoms with Gasteiger partial charge < -0.3 is 14.4 Å². The van der Waals surface area contributed by atoms with Gasteiger partial charge in [0.1, 0.15) is 23.0 Å². The fourth-order valence-electron chi connectivity index (χ4n) is 2.99. The molecule has 1 unspecified atom stereocenters. The molecule has 0 bridgehead atoms. The molecule has 0 aliphatic rings. The summed E-state index contributed by atoms with van der Waals surface area (Å²) in [7, 11) is 1.95. The van der Waals surface area contributed by atoms with E-state index >= 15 is 0 Å². The van der Waals surface area contributed by atoms with Crippen LogP contribution in [0.5, 0.6) is 17.2 Å². The summed E-state index contributed by atoms with van der Waals surface area (Å²) in [6.45, 7) is 0.397. The highest BCUT2D eigenvalue weighted by molar-refractivity contribution is 7.84.